The van der Waals surface area contributed by atoms with Gasteiger partial charge in [0.15, 0.2) is 5.82 Å². The molecule has 2 aliphatic heterocycles. The number of rotatable bonds is 3. The summed E-state index contributed by atoms with van der Waals surface area (Å²) in [4.78, 5) is 17.7. The van der Waals surface area contributed by atoms with Crippen molar-refractivity contribution in [3.05, 3.63) is 48.1 Å². The first-order valence-corrected chi connectivity index (χ1v) is 9.19. The van der Waals surface area contributed by atoms with Gasteiger partial charge < -0.3 is 9.80 Å². The molecule has 1 saturated heterocycles. The van der Waals surface area contributed by atoms with Crippen molar-refractivity contribution in [2.45, 2.75) is 19.4 Å². The largest absolute Gasteiger partial charge is 0.355 e. The van der Waals surface area contributed by atoms with E-state index in [-0.39, 0.29) is 0 Å². The quantitative estimate of drug-likeness (QED) is 0.723. The van der Waals surface area contributed by atoms with E-state index in [0.717, 1.165) is 46.7 Å². The lowest BCUT2D eigenvalue weighted by molar-refractivity contribution is 0.797. The molecule has 0 amide bonds. The Morgan fingerprint density at radius 1 is 1.04 bits per heavy atom. The Hall–Kier alpha value is -2.74. The maximum atomic E-state index is 4.68. The average Bonchev–Trinajstić information content (AvgIpc) is 3.42. The molecule has 0 aromatic carbocycles. The third kappa shape index (κ3) is 2.41. The lowest BCUT2D eigenvalue weighted by Crippen LogP contribution is -2.19. The zero-order chi connectivity index (χ0) is 16.8. The van der Waals surface area contributed by atoms with Crippen LogP contribution in [0.4, 0.5) is 10.8 Å². The first-order chi connectivity index (χ1) is 12.3. The third-order valence-electron chi connectivity index (χ3n) is 4.71. The highest BCUT2D eigenvalue weighted by Gasteiger charge is 2.28. The number of nitrogens with zero attached hydrogens (tertiary/aromatic N) is 7. The topological polar surface area (TPSA) is 63.0 Å². The summed E-state index contributed by atoms with van der Waals surface area (Å²) in [5.74, 6) is 1.68. The normalized spacial score (nSPS) is 16.7. The van der Waals surface area contributed by atoms with Crippen LogP contribution in [0.25, 0.3) is 11.5 Å². The minimum absolute atomic E-state index is 0.711. The number of thiazole rings is 1. The SMILES string of the molecule is C=C1c2cn(-c3cnc(N4CCCC4)cn3)nc2CN1c1cncs1. The highest BCUT2D eigenvalue weighted by Crippen LogP contribution is 2.37. The maximum Gasteiger partial charge on any atom is 0.171 e. The Balaban J connectivity index is 1.40. The first-order valence-electron chi connectivity index (χ1n) is 8.31. The minimum atomic E-state index is 0.711. The van der Waals surface area contributed by atoms with Crippen LogP contribution in [-0.4, -0.2) is 37.8 Å². The molecule has 126 valence electrons. The van der Waals surface area contributed by atoms with Gasteiger partial charge in [-0.1, -0.05) is 6.58 Å². The van der Waals surface area contributed by atoms with Crippen molar-refractivity contribution < 1.29 is 0 Å². The smallest absolute Gasteiger partial charge is 0.171 e. The molecule has 2 aliphatic rings. The number of anilines is 2. The molecular weight excluding hydrogens is 334 g/mol. The van der Waals surface area contributed by atoms with Crippen LogP contribution < -0.4 is 9.80 Å². The van der Waals surface area contributed by atoms with E-state index in [4.69, 9.17) is 0 Å². The van der Waals surface area contributed by atoms with Crippen LogP contribution in [0.2, 0.25) is 0 Å². The van der Waals surface area contributed by atoms with E-state index >= 15 is 0 Å². The molecule has 0 aliphatic carbocycles. The van der Waals surface area contributed by atoms with Gasteiger partial charge in [-0.2, -0.15) is 5.10 Å². The summed E-state index contributed by atoms with van der Waals surface area (Å²) in [6.45, 7) is 7.06. The molecule has 0 radical (unpaired) electrons. The number of hydrogen-bond acceptors (Lipinski definition) is 7. The molecule has 5 rings (SSSR count). The molecule has 0 spiro atoms. The van der Waals surface area contributed by atoms with Crippen LogP contribution in [0.15, 0.2) is 36.9 Å². The molecule has 8 heteroatoms. The van der Waals surface area contributed by atoms with E-state index in [9.17, 15) is 0 Å². The van der Waals surface area contributed by atoms with Crippen LogP contribution in [0.5, 0.6) is 0 Å². The molecule has 0 saturated carbocycles. The van der Waals surface area contributed by atoms with E-state index in [2.05, 4.69) is 36.4 Å². The summed E-state index contributed by atoms with van der Waals surface area (Å²) in [5, 5.41) is 5.77. The molecule has 1 fully saturated rings. The van der Waals surface area contributed by atoms with Crippen molar-refractivity contribution in [1.82, 2.24) is 24.7 Å². The standard InChI is InChI=1S/C17H17N7S/c1-12-13-9-24(21-14(13)10-23(12)17-8-18-11-25-17)16-7-19-15(6-20-16)22-4-2-3-5-22/h6-9,11H,1-5,10H2. The summed E-state index contributed by atoms with van der Waals surface area (Å²) < 4.78 is 1.79. The summed E-state index contributed by atoms with van der Waals surface area (Å²) in [6, 6.07) is 0. The Morgan fingerprint density at radius 2 is 1.84 bits per heavy atom. The van der Waals surface area contributed by atoms with Gasteiger partial charge in [0, 0.05) is 30.5 Å². The second-order valence-corrected chi connectivity index (χ2v) is 7.10. The van der Waals surface area contributed by atoms with Crippen molar-refractivity contribution in [3.8, 4) is 5.82 Å². The van der Waals surface area contributed by atoms with Crippen molar-refractivity contribution in [2.75, 3.05) is 22.9 Å². The molecule has 0 N–H and O–H groups in total. The van der Waals surface area contributed by atoms with Crippen molar-refractivity contribution in [2.24, 2.45) is 0 Å². The Bertz CT molecular complexity index is 907. The van der Waals surface area contributed by atoms with Crippen molar-refractivity contribution in [1.29, 1.82) is 0 Å². The molecule has 7 nitrogen and oxygen atoms in total. The minimum Gasteiger partial charge on any atom is -0.355 e. The Labute approximate surface area is 149 Å². The van der Waals surface area contributed by atoms with Gasteiger partial charge in [-0.25, -0.2) is 14.6 Å². The lowest BCUT2D eigenvalue weighted by Gasteiger charge is -2.17. The summed E-state index contributed by atoms with van der Waals surface area (Å²) in [6.07, 6.45) is 9.93. The maximum absolute atomic E-state index is 4.68. The summed E-state index contributed by atoms with van der Waals surface area (Å²) in [5.41, 5.74) is 4.84. The van der Waals surface area contributed by atoms with Gasteiger partial charge in [-0.15, -0.1) is 11.3 Å². The third-order valence-corrected chi connectivity index (χ3v) is 5.50. The second-order valence-electron chi connectivity index (χ2n) is 6.23. The van der Waals surface area contributed by atoms with Crippen LogP contribution in [0, 0.1) is 0 Å². The fourth-order valence-electron chi connectivity index (χ4n) is 3.37. The van der Waals surface area contributed by atoms with E-state index in [1.165, 1.54) is 12.8 Å². The first kappa shape index (κ1) is 14.6. The average molecular weight is 351 g/mol. The molecular formula is C17H17N7S. The van der Waals surface area contributed by atoms with Crippen LogP contribution in [0.1, 0.15) is 24.1 Å². The fraction of sp³-hybridized carbons (Fsp3) is 0.294. The molecule has 3 aromatic heterocycles. The summed E-state index contributed by atoms with van der Waals surface area (Å²) >= 11 is 1.60. The molecule has 5 heterocycles. The Morgan fingerprint density at radius 3 is 2.52 bits per heavy atom. The van der Waals surface area contributed by atoms with E-state index in [1.54, 1.807) is 22.2 Å². The van der Waals surface area contributed by atoms with E-state index < -0.39 is 0 Å². The predicted molar refractivity (Wildman–Crippen MR) is 97.9 cm³/mol. The van der Waals surface area contributed by atoms with Crippen LogP contribution in [0.3, 0.4) is 0 Å². The van der Waals surface area contributed by atoms with E-state index in [0.29, 0.717) is 6.54 Å². The number of fused-ring (bicyclic) bond motifs is 1. The molecule has 0 unspecified atom stereocenters. The van der Waals surface area contributed by atoms with Gasteiger partial charge in [-0.05, 0) is 12.8 Å². The highest BCUT2D eigenvalue weighted by molar-refractivity contribution is 7.13. The van der Waals surface area contributed by atoms with Gasteiger partial charge in [0.2, 0.25) is 0 Å². The fourth-order valence-corrected chi connectivity index (χ4v) is 4.02. The predicted octanol–water partition coefficient (Wildman–Crippen LogP) is 2.71. The van der Waals surface area contributed by atoms with E-state index in [1.807, 2.05) is 24.1 Å². The van der Waals surface area contributed by atoms with Crippen molar-refractivity contribution >= 4 is 27.9 Å². The van der Waals surface area contributed by atoms with Gasteiger partial charge in [-0.3, -0.25) is 4.98 Å². The number of hydrogen-bond donors (Lipinski definition) is 0. The zero-order valence-electron chi connectivity index (χ0n) is 13.7. The van der Waals surface area contributed by atoms with Gasteiger partial charge in [0.25, 0.3) is 0 Å². The van der Waals surface area contributed by atoms with Gasteiger partial charge in [0.1, 0.15) is 10.8 Å². The highest BCUT2D eigenvalue weighted by atomic mass is 32.1. The molecule has 3 aromatic rings. The van der Waals surface area contributed by atoms with Crippen LogP contribution >= 0.6 is 11.3 Å². The molecule has 25 heavy (non-hydrogen) atoms. The van der Waals surface area contributed by atoms with Gasteiger partial charge >= 0.3 is 0 Å². The van der Waals surface area contributed by atoms with Gasteiger partial charge in [0.05, 0.1) is 36.3 Å². The second kappa shape index (κ2) is 5.66. The lowest BCUT2D eigenvalue weighted by atomic mass is 10.2. The molecule has 0 bridgehead atoms. The summed E-state index contributed by atoms with van der Waals surface area (Å²) in [7, 11) is 0. The van der Waals surface area contributed by atoms with Crippen LogP contribution in [-0.2, 0) is 6.54 Å². The Kier molecular flexibility index (Phi) is 3.30. The monoisotopic (exact) mass is 351 g/mol. The van der Waals surface area contributed by atoms with Crippen molar-refractivity contribution in [3.63, 3.8) is 0 Å². The number of aromatic nitrogens is 5. The zero-order valence-corrected chi connectivity index (χ0v) is 14.5. The molecule has 0 atom stereocenters.